The van der Waals surface area contributed by atoms with Crippen molar-refractivity contribution in [3.05, 3.63) is 28.8 Å². The fourth-order valence-electron chi connectivity index (χ4n) is 2.76. The minimum absolute atomic E-state index is 0.237. The number of fused-ring (bicyclic) bond motifs is 1. The van der Waals surface area contributed by atoms with E-state index in [9.17, 15) is 19.6 Å². The quantitative estimate of drug-likeness (QED) is 0.305. The molecule has 2 aromatic heterocycles. The summed E-state index contributed by atoms with van der Waals surface area (Å²) in [5, 5.41) is 20.2. The predicted octanol–water partition coefficient (Wildman–Crippen LogP) is -2.12. The van der Waals surface area contributed by atoms with Crippen LogP contribution in [0.1, 0.15) is 6.23 Å². The van der Waals surface area contributed by atoms with Crippen molar-refractivity contribution in [3.8, 4) is 0 Å². The van der Waals surface area contributed by atoms with Gasteiger partial charge in [0.25, 0.3) is 5.65 Å². The van der Waals surface area contributed by atoms with Gasteiger partial charge in [-0.15, -0.1) is 0 Å². The van der Waals surface area contributed by atoms with Crippen molar-refractivity contribution in [1.29, 1.82) is 0 Å². The van der Waals surface area contributed by atoms with Crippen molar-refractivity contribution in [2.24, 2.45) is 7.05 Å². The van der Waals surface area contributed by atoms with E-state index in [0.717, 1.165) is 0 Å². The van der Waals surface area contributed by atoms with Crippen molar-refractivity contribution in [1.82, 2.24) is 9.55 Å². The molecule has 1 saturated heterocycles. The molecule has 0 saturated carbocycles. The molecule has 24 heavy (non-hydrogen) atoms. The lowest BCUT2D eigenvalue weighted by molar-refractivity contribution is -0.745. The van der Waals surface area contributed by atoms with Crippen LogP contribution in [0.15, 0.2) is 23.4 Å². The van der Waals surface area contributed by atoms with Crippen molar-refractivity contribution < 1.29 is 38.4 Å². The van der Waals surface area contributed by atoms with Crippen LogP contribution in [0.4, 0.5) is 0 Å². The number of aromatic amines is 1. The third kappa shape index (κ3) is 3.03. The molecule has 0 amide bonds. The van der Waals surface area contributed by atoms with Crippen molar-refractivity contribution in [2.45, 2.75) is 24.5 Å². The minimum atomic E-state index is -4.73. The molecule has 12 heteroatoms. The molecule has 132 valence electrons. The Kier molecular flexibility index (Phi) is 4.34. The number of aliphatic hydroxyl groups excluding tert-OH is 2. The van der Waals surface area contributed by atoms with Gasteiger partial charge in [0.15, 0.2) is 6.33 Å². The number of hydrogen-bond donors (Lipinski definition) is 5. The monoisotopic (exact) mass is 362 g/mol. The smallest absolute Gasteiger partial charge is 0.387 e. The summed E-state index contributed by atoms with van der Waals surface area (Å²) in [5.74, 6) is 0. The summed E-state index contributed by atoms with van der Waals surface area (Å²) in [7, 11) is -3.09. The van der Waals surface area contributed by atoms with Crippen LogP contribution in [-0.2, 0) is 20.9 Å². The zero-order valence-electron chi connectivity index (χ0n) is 12.5. The zero-order valence-corrected chi connectivity index (χ0v) is 13.4. The predicted molar refractivity (Wildman–Crippen MR) is 77.7 cm³/mol. The summed E-state index contributed by atoms with van der Waals surface area (Å²) in [6.07, 6.45) is -2.06. The Morgan fingerprint density at radius 1 is 1.42 bits per heavy atom. The number of phosphoric acid groups is 1. The Hall–Kier alpha value is -1.59. The summed E-state index contributed by atoms with van der Waals surface area (Å²) in [5.41, 5.74) is 0.481. The third-order valence-electron chi connectivity index (χ3n) is 3.84. The van der Waals surface area contributed by atoms with Crippen molar-refractivity contribution in [3.63, 3.8) is 0 Å². The van der Waals surface area contributed by atoms with Gasteiger partial charge in [-0.1, -0.05) is 0 Å². The lowest BCUT2D eigenvalue weighted by atomic mass is 10.1. The number of ether oxygens (including phenoxy) is 1. The van der Waals surface area contributed by atoms with E-state index in [-0.39, 0.29) is 5.43 Å². The van der Waals surface area contributed by atoms with Gasteiger partial charge in [-0.05, 0) is 0 Å². The lowest BCUT2D eigenvalue weighted by Crippen LogP contribution is -2.46. The number of imidazole rings is 1. The normalized spacial score (nSPS) is 27.9. The number of nitrogens with one attached hydrogen (secondary N) is 1. The van der Waals surface area contributed by atoms with Crippen LogP contribution in [0.5, 0.6) is 0 Å². The van der Waals surface area contributed by atoms with E-state index in [1.807, 2.05) is 0 Å². The van der Waals surface area contributed by atoms with Gasteiger partial charge in [-0.25, -0.2) is 9.13 Å². The molecule has 0 aliphatic carbocycles. The van der Waals surface area contributed by atoms with Crippen LogP contribution in [-0.4, -0.2) is 54.5 Å². The van der Waals surface area contributed by atoms with E-state index < -0.39 is 39.0 Å². The first-order chi connectivity index (χ1) is 11.2. The van der Waals surface area contributed by atoms with Crippen LogP contribution < -0.4 is 10.00 Å². The van der Waals surface area contributed by atoms with E-state index in [2.05, 4.69) is 9.51 Å². The van der Waals surface area contributed by atoms with E-state index in [4.69, 9.17) is 14.5 Å². The number of aryl methyl sites for hydroxylation is 1. The summed E-state index contributed by atoms with van der Waals surface area (Å²) in [4.78, 5) is 32.3. The molecular weight excluding hydrogens is 345 g/mol. The van der Waals surface area contributed by atoms with Gasteiger partial charge in [0.2, 0.25) is 17.2 Å². The van der Waals surface area contributed by atoms with Crippen molar-refractivity contribution in [2.75, 3.05) is 6.61 Å². The number of H-pyrrole nitrogens is 1. The number of hydrogen-bond acceptors (Lipinski definition) is 6. The fraction of sp³-hybridized carbons (Fsp3) is 0.500. The average Bonchev–Trinajstić information content (AvgIpc) is 2.96. The average molecular weight is 362 g/mol. The maximum Gasteiger partial charge on any atom is 0.469 e. The maximum atomic E-state index is 11.9. The van der Waals surface area contributed by atoms with Crippen molar-refractivity contribution >= 4 is 19.0 Å². The molecule has 5 N–H and O–H groups in total. The molecule has 11 nitrogen and oxygen atoms in total. The van der Waals surface area contributed by atoms with E-state index in [0.29, 0.717) is 11.2 Å². The molecule has 3 heterocycles. The molecule has 0 bridgehead atoms. The summed E-state index contributed by atoms with van der Waals surface area (Å²) in [6.45, 7) is -0.596. The summed E-state index contributed by atoms with van der Waals surface area (Å²) < 4.78 is 23.6. The highest BCUT2D eigenvalue weighted by molar-refractivity contribution is 7.46. The third-order valence-corrected chi connectivity index (χ3v) is 4.32. The van der Waals surface area contributed by atoms with Crippen LogP contribution in [0, 0.1) is 0 Å². The molecule has 1 aliphatic heterocycles. The Morgan fingerprint density at radius 3 is 2.79 bits per heavy atom. The van der Waals surface area contributed by atoms with Gasteiger partial charge in [-0.3, -0.25) is 18.9 Å². The standard InChI is InChI=1S/C12H16N3O8P/c1-14-5-15(11-8(14)6(16)2-3-13-11)12-10(18)9(17)7(23-12)4-22-24(19,20)21/h2-3,5,7,9-10,12,17-18H,4H2,1H3,(H2-,13,16,19,20,21)/p+1/t7?,9-,10?,12-/m1/s1. The maximum absolute atomic E-state index is 11.9. The Labute approximate surface area is 134 Å². The number of pyridine rings is 1. The second-order valence-corrected chi connectivity index (χ2v) is 6.74. The van der Waals surface area contributed by atoms with Crippen LogP contribution in [0.3, 0.4) is 0 Å². The molecule has 2 aromatic rings. The lowest BCUT2D eigenvalue weighted by Gasteiger charge is -2.14. The molecule has 1 fully saturated rings. The van der Waals surface area contributed by atoms with E-state index >= 15 is 0 Å². The van der Waals surface area contributed by atoms with E-state index in [1.54, 1.807) is 7.05 Å². The first kappa shape index (κ1) is 17.2. The highest BCUT2D eigenvalue weighted by Crippen LogP contribution is 2.37. The van der Waals surface area contributed by atoms with Gasteiger partial charge in [0, 0.05) is 6.07 Å². The SMILES string of the molecule is Cn1c[n+]([C@@H]2OC(COP(=O)(O)O)[C@@H](O)C2O)c2[nH]ccc(=O)c21. The van der Waals surface area contributed by atoms with Crippen LogP contribution >= 0.6 is 7.82 Å². The fourth-order valence-corrected chi connectivity index (χ4v) is 3.10. The molecular formula is C12H17N3O8P+. The first-order valence-electron chi connectivity index (χ1n) is 6.98. The topological polar surface area (TPSA) is 158 Å². The summed E-state index contributed by atoms with van der Waals surface area (Å²) in [6, 6.07) is 1.35. The molecule has 4 atom stereocenters. The number of nitrogens with zero attached hydrogens (tertiary/aromatic N) is 2. The Morgan fingerprint density at radius 2 is 2.12 bits per heavy atom. The Balaban J connectivity index is 1.92. The number of aromatic nitrogens is 3. The van der Waals surface area contributed by atoms with Gasteiger partial charge < -0.3 is 24.7 Å². The highest BCUT2D eigenvalue weighted by atomic mass is 31.2. The van der Waals surface area contributed by atoms with Gasteiger partial charge in [0.05, 0.1) is 19.9 Å². The molecule has 0 aromatic carbocycles. The van der Waals surface area contributed by atoms with E-state index in [1.165, 1.54) is 27.7 Å². The van der Waals surface area contributed by atoms with Gasteiger partial charge in [-0.2, -0.15) is 0 Å². The van der Waals surface area contributed by atoms with Gasteiger partial charge >= 0.3 is 7.82 Å². The molecule has 1 aliphatic rings. The zero-order chi connectivity index (χ0) is 17.6. The molecule has 0 radical (unpaired) electrons. The number of aliphatic hydroxyl groups is 2. The number of rotatable bonds is 4. The molecule has 2 unspecified atom stereocenters. The second-order valence-electron chi connectivity index (χ2n) is 5.51. The second kappa shape index (κ2) is 6.05. The van der Waals surface area contributed by atoms with Crippen LogP contribution in [0.25, 0.3) is 11.2 Å². The van der Waals surface area contributed by atoms with Crippen LogP contribution in [0.2, 0.25) is 0 Å². The molecule has 0 spiro atoms. The minimum Gasteiger partial charge on any atom is -0.387 e. The molecule has 3 rings (SSSR count). The Bertz CT molecular complexity index is 858. The highest BCUT2D eigenvalue weighted by Gasteiger charge is 2.47. The largest absolute Gasteiger partial charge is 0.469 e. The number of phosphoric ester groups is 1. The van der Waals surface area contributed by atoms with Gasteiger partial charge in [0.1, 0.15) is 18.3 Å². The summed E-state index contributed by atoms with van der Waals surface area (Å²) >= 11 is 0. The first-order valence-corrected chi connectivity index (χ1v) is 8.51.